The Bertz CT molecular complexity index is 1180. The van der Waals surface area contributed by atoms with Gasteiger partial charge in [0.25, 0.3) is 5.91 Å². The molecule has 0 unspecified atom stereocenters. The molecule has 0 bridgehead atoms. The largest absolute Gasteiger partial charge is 0.467 e. The van der Waals surface area contributed by atoms with E-state index in [0.29, 0.717) is 24.4 Å². The van der Waals surface area contributed by atoms with Gasteiger partial charge >= 0.3 is 0 Å². The van der Waals surface area contributed by atoms with Gasteiger partial charge in [0.15, 0.2) is 0 Å². The Kier molecular flexibility index (Phi) is 7.00. The Balaban J connectivity index is 1.49. The smallest absolute Gasteiger partial charge is 0.258 e. The second kappa shape index (κ2) is 10.5. The molecule has 4 rings (SSSR count). The molecule has 5 nitrogen and oxygen atoms in total. The molecule has 1 heterocycles. The van der Waals surface area contributed by atoms with Gasteiger partial charge in [-0.3, -0.25) is 9.59 Å². The van der Waals surface area contributed by atoms with Crippen LogP contribution in [-0.4, -0.2) is 11.8 Å². The highest BCUT2D eigenvalue weighted by Gasteiger charge is 2.18. The fraction of sp³-hybridized carbons (Fsp3) is 0.143. The average Bonchev–Trinajstić information content (AvgIpc) is 3.36. The highest BCUT2D eigenvalue weighted by molar-refractivity contribution is 6.06. The Morgan fingerprint density at radius 2 is 1.55 bits per heavy atom. The highest BCUT2D eigenvalue weighted by atomic mass is 16.3. The predicted octanol–water partition coefficient (Wildman–Crippen LogP) is 5.29. The van der Waals surface area contributed by atoms with Gasteiger partial charge < -0.3 is 14.6 Å². The van der Waals surface area contributed by atoms with Gasteiger partial charge in [0.2, 0.25) is 5.91 Å². The van der Waals surface area contributed by atoms with E-state index in [2.05, 4.69) is 5.32 Å². The zero-order valence-corrected chi connectivity index (χ0v) is 18.5. The summed E-state index contributed by atoms with van der Waals surface area (Å²) in [5.41, 5.74) is 4.44. The zero-order valence-electron chi connectivity index (χ0n) is 18.5. The third-order valence-corrected chi connectivity index (χ3v) is 5.38. The summed E-state index contributed by atoms with van der Waals surface area (Å²) in [6, 6.07) is 28.7. The molecule has 166 valence electrons. The van der Waals surface area contributed by atoms with Crippen LogP contribution in [0.4, 0.5) is 5.69 Å². The Morgan fingerprint density at radius 1 is 0.818 bits per heavy atom. The van der Waals surface area contributed by atoms with Crippen LogP contribution >= 0.6 is 0 Å². The van der Waals surface area contributed by atoms with Crippen molar-refractivity contribution in [2.75, 3.05) is 4.90 Å². The quantitative estimate of drug-likeness (QED) is 0.406. The maximum Gasteiger partial charge on any atom is 0.258 e. The maximum atomic E-state index is 13.4. The van der Waals surface area contributed by atoms with E-state index in [9.17, 15) is 9.59 Å². The minimum atomic E-state index is -0.0870. The summed E-state index contributed by atoms with van der Waals surface area (Å²) in [5, 5.41) is 2.85. The minimum absolute atomic E-state index is 0.0669. The molecular weight excluding hydrogens is 412 g/mol. The molecule has 5 heteroatoms. The lowest BCUT2D eigenvalue weighted by Gasteiger charge is -2.23. The fourth-order valence-electron chi connectivity index (χ4n) is 3.54. The molecular formula is C28H26N2O3. The van der Waals surface area contributed by atoms with Gasteiger partial charge in [-0.15, -0.1) is 0 Å². The van der Waals surface area contributed by atoms with E-state index in [-0.39, 0.29) is 18.2 Å². The number of furan rings is 1. The summed E-state index contributed by atoms with van der Waals surface area (Å²) >= 11 is 0. The molecule has 0 fully saturated rings. The van der Waals surface area contributed by atoms with Crippen molar-refractivity contribution in [2.45, 2.75) is 26.4 Å². The monoisotopic (exact) mass is 438 g/mol. The Hall–Kier alpha value is -4.12. The van der Waals surface area contributed by atoms with Crippen molar-refractivity contribution in [3.8, 4) is 0 Å². The number of rotatable bonds is 8. The van der Waals surface area contributed by atoms with E-state index in [1.807, 2.05) is 91.9 Å². The van der Waals surface area contributed by atoms with Crippen LogP contribution in [0.2, 0.25) is 0 Å². The topological polar surface area (TPSA) is 62.6 Å². The van der Waals surface area contributed by atoms with E-state index >= 15 is 0 Å². The number of carbonyl (C=O) groups is 2. The van der Waals surface area contributed by atoms with Crippen molar-refractivity contribution in [1.29, 1.82) is 0 Å². The van der Waals surface area contributed by atoms with Crippen LogP contribution in [0.5, 0.6) is 0 Å². The van der Waals surface area contributed by atoms with Gasteiger partial charge in [0.1, 0.15) is 5.76 Å². The van der Waals surface area contributed by atoms with Crippen molar-refractivity contribution in [3.63, 3.8) is 0 Å². The van der Waals surface area contributed by atoms with Crippen molar-refractivity contribution < 1.29 is 14.0 Å². The molecule has 3 aromatic carbocycles. The molecule has 4 aromatic rings. The van der Waals surface area contributed by atoms with Gasteiger partial charge in [0, 0.05) is 11.3 Å². The van der Waals surface area contributed by atoms with E-state index in [1.54, 1.807) is 17.2 Å². The SMILES string of the molecule is Cc1ccc(C(=O)N(Cc2ccccc2)c2ccc(CC(=O)NCc3ccco3)cc2)cc1. The highest BCUT2D eigenvalue weighted by Crippen LogP contribution is 2.22. The van der Waals surface area contributed by atoms with Crippen LogP contribution < -0.4 is 10.2 Å². The average molecular weight is 439 g/mol. The fourth-order valence-corrected chi connectivity index (χ4v) is 3.54. The molecule has 33 heavy (non-hydrogen) atoms. The first-order valence-electron chi connectivity index (χ1n) is 10.9. The number of nitrogens with zero attached hydrogens (tertiary/aromatic N) is 1. The van der Waals surface area contributed by atoms with Crippen LogP contribution in [0.3, 0.4) is 0 Å². The first-order valence-corrected chi connectivity index (χ1v) is 10.9. The van der Waals surface area contributed by atoms with Crippen LogP contribution in [-0.2, 0) is 24.3 Å². The summed E-state index contributed by atoms with van der Waals surface area (Å²) in [4.78, 5) is 27.4. The van der Waals surface area contributed by atoms with Crippen LogP contribution in [0.1, 0.15) is 32.8 Å². The summed E-state index contributed by atoms with van der Waals surface area (Å²) in [6.07, 6.45) is 1.84. The Morgan fingerprint density at radius 3 is 2.21 bits per heavy atom. The summed E-state index contributed by atoms with van der Waals surface area (Å²) in [7, 11) is 0. The number of nitrogens with one attached hydrogen (secondary N) is 1. The molecule has 0 aliphatic rings. The summed E-state index contributed by atoms with van der Waals surface area (Å²) in [6.45, 7) is 2.82. The van der Waals surface area contributed by atoms with Gasteiger partial charge in [0.05, 0.1) is 25.8 Å². The molecule has 2 amide bonds. The second-order valence-electron chi connectivity index (χ2n) is 7.94. The number of benzene rings is 3. The van der Waals surface area contributed by atoms with E-state index < -0.39 is 0 Å². The van der Waals surface area contributed by atoms with Gasteiger partial charge in [-0.05, 0) is 54.4 Å². The normalized spacial score (nSPS) is 10.6. The van der Waals surface area contributed by atoms with E-state index in [4.69, 9.17) is 4.42 Å². The lowest BCUT2D eigenvalue weighted by atomic mass is 10.1. The molecule has 1 aromatic heterocycles. The van der Waals surface area contributed by atoms with E-state index in [1.165, 1.54) is 0 Å². The Labute approximate surface area is 193 Å². The van der Waals surface area contributed by atoms with Crippen LogP contribution in [0.25, 0.3) is 0 Å². The number of hydrogen-bond donors (Lipinski definition) is 1. The first kappa shape index (κ1) is 22.1. The molecule has 0 aliphatic heterocycles. The van der Waals surface area contributed by atoms with Crippen LogP contribution in [0.15, 0.2) is 102 Å². The molecule has 0 radical (unpaired) electrons. The van der Waals surface area contributed by atoms with Gasteiger partial charge in [-0.2, -0.15) is 0 Å². The molecule has 0 saturated heterocycles. The van der Waals surface area contributed by atoms with Crippen molar-refractivity contribution in [1.82, 2.24) is 5.32 Å². The molecule has 0 spiro atoms. The number of anilines is 1. The zero-order chi connectivity index (χ0) is 23.0. The minimum Gasteiger partial charge on any atom is -0.467 e. The lowest BCUT2D eigenvalue weighted by molar-refractivity contribution is -0.120. The number of hydrogen-bond acceptors (Lipinski definition) is 3. The number of carbonyl (C=O) groups excluding carboxylic acids is 2. The first-order chi connectivity index (χ1) is 16.1. The summed E-state index contributed by atoms with van der Waals surface area (Å²) < 4.78 is 5.24. The number of amides is 2. The third-order valence-electron chi connectivity index (χ3n) is 5.38. The molecule has 0 aliphatic carbocycles. The lowest BCUT2D eigenvalue weighted by Crippen LogP contribution is -2.30. The van der Waals surface area contributed by atoms with Crippen molar-refractivity contribution in [2.24, 2.45) is 0 Å². The van der Waals surface area contributed by atoms with Gasteiger partial charge in [-0.1, -0.05) is 60.2 Å². The van der Waals surface area contributed by atoms with Crippen molar-refractivity contribution >= 4 is 17.5 Å². The van der Waals surface area contributed by atoms with Crippen molar-refractivity contribution in [3.05, 3.63) is 125 Å². The third kappa shape index (κ3) is 5.98. The predicted molar refractivity (Wildman–Crippen MR) is 129 cm³/mol. The standard InChI is InChI=1S/C28H26N2O3/c1-21-9-13-24(14-10-21)28(32)30(20-23-6-3-2-4-7-23)25-15-11-22(12-16-25)18-27(31)29-19-26-8-5-17-33-26/h2-17H,18-20H2,1H3,(H,29,31). The second-order valence-corrected chi connectivity index (χ2v) is 7.94. The molecule has 0 atom stereocenters. The van der Waals surface area contributed by atoms with E-state index in [0.717, 1.165) is 22.4 Å². The summed E-state index contributed by atoms with van der Waals surface area (Å²) in [5.74, 6) is 0.559. The number of aryl methyl sites for hydroxylation is 1. The van der Waals surface area contributed by atoms with Gasteiger partial charge in [-0.25, -0.2) is 0 Å². The maximum absolute atomic E-state index is 13.4. The van der Waals surface area contributed by atoms with Crippen LogP contribution in [0, 0.1) is 6.92 Å². The molecule has 1 N–H and O–H groups in total. The molecule has 0 saturated carbocycles.